The molecular weight excluding hydrogens is 563 g/mol. The first-order chi connectivity index (χ1) is 20.2. The molecule has 1 atom stereocenters. The van der Waals surface area contributed by atoms with E-state index in [0.717, 1.165) is 31.6 Å². The summed E-state index contributed by atoms with van der Waals surface area (Å²) in [6, 6.07) is 8.80. The number of methoxy groups -OCH3 is 1. The largest absolute Gasteiger partial charge is 0.500 e. The first-order valence-electron chi connectivity index (χ1n) is 13.4. The first-order valence-corrected chi connectivity index (χ1v) is 15.3. The maximum Gasteiger partial charge on any atom is 0.312 e. The molecule has 13 heteroatoms. The number of benzene rings is 1. The minimum absolute atomic E-state index is 0.128. The van der Waals surface area contributed by atoms with E-state index in [9.17, 15) is 12.8 Å². The number of ether oxygens (including phenoxy) is 3. The van der Waals surface area contributed by atoms with Crippen LogP contribution in [0.3, 0.4) is 0 Å². The fourth-order valence-electron chi connectivity index (χ4n) is 4.92. The van der Waals surface area contributed by atoms with Gasteiger partial charge in [-0.15, -0.1) is 4.98 Å². The Bertz CT molecular complexity index is 1760. The SMILES string of the molecule is [C-]#[N+]c1nc(Cc2cc(Nc3ccc(F)cc3S(C)(=O)=O)c3nc(C)n(C4CCCCO4)c3n2)ccc1OCCOC. The zero-order chi connectivity index (χ0) is 29.9. The van der Waals surface area contributed by atoms with Crippen LogP contribution in [-0.2, 0) is 25.7 Å². The van der Waals surface area contributed by atoms with Gasteiger partial charge in [0.1, 0.15) is 41.4 Å². The first kappa shape index (κ1) is 29.4. The third-order valence-corrected chi connectivity index (χ3v) is 7.98. The maximum absolute atomic E-state index is 14.0. The minimum Gasteiger partial charge on any atom is -0.500 e. The Morgan fingerprint density at radius 1 is 1.12 bits per heavy atom. The lowest BCUT2D eigenvalue weighted by Crippen LogP contribution is -2.19. The number of hydrogen-bond donors (Lipinski definition) is 1. The van der Waals surface area contributed by atoms with Gasteiger partial charge in [-0.1, -0.05) is 6.57 Å². The van der Waals surface area contributed by atoms with Crippen LogP contribution in [0.1, 0.15) is 42.7 Å². The summed E-state index contributed by atoms with van der Waals surface area (Å²) in [5.74, 6) is 0.526. The van der Waals surface area contributed by atoms with Crippen LogP contribution in [0.4, 0.5) is 21.6 Å². The Labute approximate surface area is 243 Å². The number of anilines is 2. The summed E-state index contributed by atoms with van der Waals surface area (Å²) in [4.78, 5) is 17.5. The smallest absolute Gasteiger partial charge is 0.312 e. The van der Waals surface area contributed by atoms with Gasteiger partial charge < -0.3 is 24.4 Å². The van der Waals surface area contributed by atoms with Crippen molar-refractivity contribution in [3.05, 3.63) is 70.8 Å². The molecule has 5 rings (SSSR count). The normalized spacial score (nSPS) is 15.5. The maximum atomic E-state index is 14.0. The van der Waals surface area contributed by atoms with E-state index < -0.39 is 15.7 Å². The van der Waals surface area contributed by atoms with Crippen LogP contribution in [-0.4, -0.2) is 61.1 Å². The number of sulfone groups is 1. The van der Waals surface area contributed by atoms with Gasteiger partial charge in [0, 0.05) is 20.0 Å². The topological polar surface area (TPSA) is 122 Å². The number of aryl methyl sites for hydroxylation is 1. The van der Waals surface area contributed by atoms with Gasteiger partial charge in [-0.25, -0.2) is 22.8 Å². The number of hydrogen-bond acceptors (Lipinski definition) is 9. The van der Waals surface area contributed by atoms with Gasteiger partial charge in [0.05, 0.1) is 35.0 Å². The summed E-state index contributed by atoms with van der Waals surface area (Å²) in [7, 11) is -2.18. The van der Waals surface area contributed by atoms with Gasteiger partial charge >= 0.3 is 5.82 Å². The van der Waals surface area contributed by atoms with Crippen molar-refractivity contribution in [2.45, 2.75) is 43.7 Å². The molecule has 1 fully saturated rings. The number of pyridine rings is 2. The zero-order valence-electron chi connectivity index (χ0n) is 23.6. The summed E-state index contributed by atoms with van der Waals surface area (Å²) < 4.78 is 57.7. The highest BCUT2D eigenvalue weighted by molar-refractivity contribution is 7.90. The number of rotatable bonds is 10. The van der Waals surface area contributed by atoms with Crippen LogP contribution >= 0.6 is 0 Å². The second-order valence-corrected chi connectivity index (χ2v) is 12.0. The molecule has 0 aliphatic carbocycles. The summed E-state index contributed by atoms with van der Waals surface area (Å²) in [6.07, 6.45) is 3.84. The van der Waals surface area contributed by atoms with Gasteiger partial charge in [-0.05, 0) is 62.6 Å². The molecule has 1 aliphatic heterocycles. The molecule has 0 amide bonds. The number of aromatic nitrogens is 4. The van der Waals surface area contributed by atoms with Crippen molar-refractivity contribution >= 4 is 38.2 Å². The van der Waals surface area contributed by atoms with Crippen molar-refractivity contribution in [3.63, 3.8) is 0 Å². The van der Waals surface area contributed by atoms with Gasteiger partial charge in [-0.3, -0.25) is 4.57 Å². The lowest BCUT2D eigenvalue weighted by Gasteiger charge is -2.25. The van der Waals surface area contributed by atoms with E-state index in [-0.39, 0.29) is 29.0 Å². The molecule has 4 aromatic rings. The van der Waals surface area contributed by atoms with E-state index in [0.29, 0.717) is 59.6 Å². The zero-order valence-corrected chi connectivity index (χ0v) is 24.4. The molecule has 0 saturated carbocycles. The third kappa shape index (κ3) is 6.35. The monoisotopic (exact) mass is 594 g/mol. The van der Waals surface area contributed by atoms with Gasteiger partial charge in [0.25, 0.3) is 0 Å². The molecule has 1 aliphatic rings. The van der Waals surface area contributed by atoms with Crippen molar-refractivity contribution < 1.29 is 27.0 Å². The molecular formula is C29H31FN6O5S. The molecule has 11 nitrogen and oxygen atoms in total. The molecule has 220 valence electrons. The minimum atomic E-state index is -3.75. The predicted octanol–water partition coefficient (Wildman–Crippen LogP) is 5.29. The Morgan fingerprint density at radius 3 is 2.67 bits per heavy atom. The number of imidazole rings is 1. The second-order valence-electron chi connectivity index (χ2n) is 9.98. The van der Waals surface area contributed by atoms with Crippen LogP contribution in [0, 0.1) is 19.3 Å². The van der Waals surface area contributed by atoms with Crippen LogP contribution in [0.5, 0.6) is 5.75 Å². The van der Waals surface area contributed by atoms with Crippen molar-refractivity contribution in [1.29, 1.82) is 0 Å². The van der Waals surface area contributed by atoms with E-state index in [4.69, 9.17) is 30.8 Å². The quantitative estimate of drug-likeness (QED) is 0.193. The van der Waals surface area contributed by atoms with Crippen molar-refractivity contribution in [3.8, 4) is 5.75 Å². The Hall–Kier alpha value is -4.12. The van der Waals surface area contributed by atoms with Gasteiger partial charge in [0.15, 0.2) is 15.5 Å². The van der Waals surface area contributed by atoms with Crippen molar-refractivity contribution in [1.82, 2.24) is 19.5 Å². The van der Waals surface area contributed by atoms with E-state index in [1.54, 1.807) is 25.3 Å². The molecule has 0 spiro atoms. The van der Waals surface area contributed by atoms with Crippen LogP contribution in [0.2, 0.25) is 0 Å². The summed E-state index contributed by atoms with van der Waals surface area (Å²) in [5.41, 5.74) is 2.98. The molecule has 1 N–H and O–H groups in total. The van der Waals surface area contributed by atoms with Crippen molar-refractivity contribution in [2.24, 2.45) is 0 Å². The molecule has 42 heavy (non-hydrogen) atoms. The van der Waals surface area contributed by atoms with Crippen LogP contribution in [0.15, 0.2) is 41.3 Å². The Kier molecular flexibility index (Phi) is 8.67. The Morgan fingerprint density at radius 2 is 1.95 bits per heavy atom. The van der Waals surface area contributed by atoms with E-state index in [1.165, 1.54) is 12.1 Å². The highest BCUT2D eigenvalue weighted by Crippen LogP contribution is 2.35. The average Bonchev–Trinajstić information content (AvgIpc) is 3.30. The summed E-state index contributed by atoms with van der Waals surface area (Å²) in [6.45, 7) is 10.7. The van der Waals surface area contributed by atoms with Crippen LogP contribution < -0.4 is 10.1 Å². The molecule has 1 unspecified atom stereocenters. The van der Waals surface area contributed by atoms with Crippen LogP contribution in [0.25, 0.3) is 16.0 Å². The molecule has 3 aromatic heterocycles. The second kappa shape index (κ2) is 12.4. The number of fused-ring (bicyclic) bond motifs is 1. The van der Waals surface area contributed by atoms with E-state index in [2.05, 4.69) is 15.1 Å². The number of nitrogens with one attached hydrogen (secondary N) is 1. The molecule has 4 heterocycles. The van der Waals surface area contributed by atoms with Gasteiger partial charge in [-0.2, -0.15) is 0 Å². The summed E-state index contributed by atoms with van der Waals surface area (Å²) >= 11 is 0. The molecule has 1 saturated heterocycles. The molecule has 0 radical (unpaired) electrons. The van der Waals surface area contributed by atoms with Gasteiger partial charge in [0.2, 0.25) is 0 Å². The highest BCUT2D eigenvalue weighted by Gasteiger charge is 2.25. The predicted molar refractivity (Wildman–Crippen MR) is 155 cm³/mol. The standard InChI is InChI=1S/C29H31FN6O5S/c1-18-32-27-23(35-22-10-8-19(30)15-25(22)42(4,37)38)17-21(34-29(27)36(18)26-7-5-6-12-41-26)16-20-9-11-24(28(31-2)33-20)40-14-13-39-3/h8-11,15,17,26H,5-7,12-14,16H2,1,3-4H3,(H,34,35). The number of nitrogens with zero attached hydrogens (tertiary/aromatic N) is 5. The summed E-state index contributed by atoms with van der Waals surface area (Å²) in [5, 5.41) is 3.18. The van der Waals surface area contributed by atoms with E-state index >= 15 is 0 Å². The highest BCUT2D eigenvalue weighted by atomic mass is 32.2. The van der Waals surface area contributed by atoms with E-state index in [1.807, 2.05) is 11.5 Å². The fourth-order valence-corrected chi connectivity index (χ4v) is 5.76. The lowest BCUT2D eigenvalue weighted by atomic mass is 10.1. The Balaban J connectivity index is 1.59. The lowest BCUT2D eigenvalue weighted by molar-refractivity contribution is -0.0309. The average molecular weight is 595 g/mol. The number of halogens is 1. The molecule has 1 aromatic carbocycles. The van der Waals surface area contributed by atoms with Crippen molar-refractivity contribution in [2.75, 3.05) is 38.5 Å². The fraction of sp³-hybridized carbons (Fsp3) is 0.379. The molecule has 0 bridgehead atoms. The third-order valence-electron chi connectivity index (χ3n) is 6.84.